The van der Waals surface area contributed by atoms with Gasteiger partial charge in [-0.2, -0.15) is 0 Å². The van der Waals surface area contributed by atoms with Crippen molar-refractivity contribution >= 4 is 53.5 Å². The Balaban J connectivity index is 2.11. The van der Waals surface area contributed by atoms with Gasteiger partial charge in [-0.1, -0.05) is 44.0 Å². The van der Waals surface area contributed by atoms with Crippen LogP contribution in [0.25, 0.3) is 0 Å². The molecule has 2 aromatic carbocycles. The van der Waals surface area contributed by atoms with Crippen LogP contribution in [-0.4, -0.2) is 0 Å². The van der Waals surface area contributed by atoms with Gasteiger partial charge in [0.15, 0.2) is 0 Å². The number of rotatable bonds is 3. The number of hydrogen-bond acceptors (Lipinski definition) is 1. The van der Waals surface area contributed by atoms with E-state index in [0.29, 0.717) is 0 Å². The summed E-state index contributed by atoms with van der Waals surface area (Å²) < 4.78 is 3.28. The number of nitrogens with one attached hydrogen (secondary N) is 1. The normalized spacial score (nSPS) is 10.4. The molecule has 2 rings (SSSR count). The molecule has 0 aromatic heterocycles. The summed E-state index contributed by atoms with van der Waals surface area (Å²) in [4.78, 5) is 0. The molecule has 1 N–H and O–H groups in total. The molecule has 0 bridgehead atoms. The van der Waals surface area contributed by atoms with E-state index < -0.39 is 0 Å². The van der Waals surface area contributed by atoms with Gasteiger partial charge in [0.25, 0.3) is 0 Å². The van der Waals surface area contributed by atoms with E-state index in [0.717, 1.165) is 25.7 Å². The Bertz CT molecular complexity index is 567. The van der Waals surface area contributed by atoms with Crippen molar-refractivity contribution in [3.8, 4) is 0 Å². The second kappa shape index (κ2) is 6.22. The third-order valence-corrected chi connectivity index (χ3v) is 4.69. The van der Waals surface area contributed by atoms with Crippen LogP contribution in [0.5, 0.6) is 0 Å². The fourth-order valence-corrected chi connectivity index (χ4v) is 2.75. The largest absolute Gasteiger partial charge is 0.380 e. The van der Waals surface area contributed by atoms with Crippen molar-refractivity contribution in [1.29, 1.82) is 0 Å². The molecule has 0 aliphatic rings. The third-order valence-electron chi connectivity index (χ3n) is 2.65. The van der Waals surface area contributed by atoms with Crippen molar-refractivity contribution in [3.63, 3.8) is 0 Å². The summed E-state index contributed by atoms with van der Waals surface area (Å²) in [5.41, 5.74) is 3.59. The van der Waals surface area contributed by atoms with Crippen molar-refractivity contribution in [1.82, 2.24) is 0 Å². The lowest BCUT2D eigenvalue weighted by molar-refractivity contribution is 1.14. The second-order valence-electron chi connectivity index (χ2n) is 4.06. The molecule has 0 aliphatic carbocycles. The first-order chi connectivity index (χ1) is 8.56. The Labute approximate surface area is 132 Å². The van der Waals surface area contributed by atoms with E-state index in [1.807, 2.05) is 12.1 Å². The summed E-state index contributed by atoms with van der Waals surface area (Å²) in [5.74, 6) is 0. The smallest absolute Gasteiger partial charge is 0.0498 e. The minimum atomic E-state index is 0.800. The predicted octanol–water partition coefficient (Wildman–Crippen LogP) is 5.89. The van der Waals surface area contributed by atoms with Crippen LogP contribution in [0, 0.1) is 6.92 Å². The standard InChI is InChI=1S/C14H12Br3N/c1-9-2-3-10(6-13(9)17)8-18-14-7-11(15)4-5-12(14)16/h2-7,18H,8H2,1H3. The van der Waals surface area contributed by atoms with Gasteiger partial charge in [0.2, 0.25) is 0 Å². The first-order valence-electron chi connectivity index (χ1n) is 5.50. The van der Waals surface area contributed by atoms with Gasteiger partial charge in [-0.05, 0) is 58.2 Å². The van der Waals surface area contributed by atoms with Crippen molar-refractivity contribution in [2.75, 3.05) is 5.32 Å². The molecule has 0 spiro atoms. The second-order valence-corrected chi connectivity index (χ2v) is 6.69. The SMILES string of the molecule is Cc1ccc(CNc2cc(Br)ccc2Br)cc1Br. The highest BCUT2D eigenvalue weighted by Crippen LogP contribution is 2.27. The lowest BCUT2D eigenvalue weighted by Gasteiger charge is -2.10. The maximum atomic E-state index is 3.55. The fraction of sp³-hybridized carbons (Fsp3) is 0.143. The minimum Gasteiger partial charge on any atom is -0.380 e. The Morgan fingerprint density at radius 1 is 0.944 bits per heavy atom. The van der Waals surface area contributed by atoms with Gasteiger partial charge >= 0.3 is 0 Å². The Morgan fingerprint density at radius 2 is 1.72 bits per heavy atom. The Morgan fingerprint density at radius 3 is 2.44 bits per heavy atom. The van der Waals surface area contributed by atoms with Gasteiger partial charge in [0.1, 0.15) is 0 Å². The zero-order chi connectivity index (χ0) is 13.1. The van der Waals surface area contributed by atoms with Gasteiger partial charge in [-0.3, -0.25) is 0 Å². The monoisotopic (exact) mass is 431 g/mol. The predicted molar refractivity (Wildman–Crippen MR) is 88.0 cm³/mol. The Hall–Kier alpha value is -0.320. The molecule has 0 amide bonds. The van der Waals surface area contributed by atoms with Crippen LogP contribution < -0.4 is 5.32 Å². The van der Waals surface area contributed by atoms with Crippen molar-refractivity contribution in [3.05, 3.63) is 60.9 Å². The first kappa shape index (κ1) is 14.1. The van der Waals surface area contributed by atoms with Crippen molar-refractivity contribution in [2.24, 2.45) is 0 Å². The van der Waals surface area contributed by atoms with Crippen molar-refractivity contribution < 1.29 is 0 Å². The molecule has 0 unspecified atom stereocenters. The number of aryl methyl sites for hydroxylation is 1. The molecule has 0 atom stereocenters. The van der Waals surface area contributed by atoms with E-state index >= 15 is 0 Å². The van der Waals surface area contributed by atoms with Crippen LogP contribution in [0.4, 0.5) is 5.69 Å². The first-order valence-corrected chi connectivity index (χ1v) is 7.88. The molecule has 0 heterocycles. The number of anilines is 1. The molecule has 0 radical (unpaired) electrons. The molecule has 2 aromatic rings. The maximum Gasteiger partial charge on any atom is 0.0498 e. The molecule has 0 aliphatic heterocycles. The molecule has 18 heavy (non-hydrogen) atoms. The van der Waals surface area contributed by atoms with Crippen LogP contribution >= 0.6 is 47.8 Å². The lowest BCUT2D eigenvalue weighted by atomic mass is 10.1. The van der Waals surface area contributed by atoms with Gasteiger partial charge in [0, 0.05) is 25.7 Å². The molecule has 0 saturated heterocycles. The van der Waals surface area contributed by atoms with E-state index in [9.17, 15) is 0 Å². The van der Waals surface area contributed by atoms with E-state index in [-0.39, 0.29) is 0 Å². The van der Waals surface area contributed by atoms with Crippen molar-refractivity contribution in [2.45, 2.75) is 13.5 Å². The summed E-state index contributed by atoms with van der Waals surface area (Å²) in [6.45, 7) is 2.89. The van der Waals surface area contributed by atoms with E-state index in [4.69, 9.17) is 0 Å². The van der Waals surface area contributed by atoms with Crippen LogP contribution in [0.3, 0.4) is 0 Å². The number of halogens is 3. The van der Waals surface area contributed by atoms with E-state index in [1.165, 1.54) is 11.1 Å². The molecular formula is C14H12Br3N. The highest BCUT2D eigenvalue weighted by Gasteiger charge is 2.02. The molecule has 4 heteroatoms. The highest BCUT2D eigenvalue weighted by molar-refractivity contribution is 9.11. The summed E-state index contributed by atoms with van der Waals surface area (Å²) in [5, 5.41) is 3.42. The average molecular weight is 434 g/mol. The van der Waals surface area contributed by atoms with Crippen LogP contribution in [0.1, 0.15) is 11.1 Å². The molecular weight excluding hydrogens is 422 g/mol. The zero-order valence-electron chi connectivity index (χ0n) is 9.81. The van der Waals surface area contributed by atoms with Crippen LogP contribution in [0.2, 0.25) is 0 Å². The van der Waals surface area contributed by atoms with E-state index in [2.05, 4.69) is 84.3 Å². The van der Waals surface area contributed by atoms with Gasteiger partial charge in [0.05, 0.1) is 0 Å². The van der Waals surface area contributed by atoms with Gasteiger partial charge in [-0.15, -0.1) is 0 Å². The number of hydrogen-bond donors (Lipinski definition) is 1. The molecule has 0 fully saturated rings. The lowest BCUT2D eigenvalue weighted by Crippen LogP contribution is -2.00. The molecule has 94 valence electrons. The summed E-state index contributed by atoms with van der Waals surface area (Å²) in [6.07, 6.45) is 0. The van der Waals surface area contributed by atoms with E-state index in [1.54, 1.807) is 0 Å². The Kier molecular flexibility index (Phi) is 4.87. The topological polar surface area (TPSA) is 12.0 Å². The van der Waals surface area contributed by atoms with Gasteiger partial charge < -0.3 is 5.32 Å². The summed E-state index contributed by atoms with van der Waals surface area (Å²) in [6, 6.07) is 12.5. The highest BCUT2D eigenvalue weighted by atomic mass is 79.9. The van der Waals surface area contributed by atoms with Crippen LogP contribution in [-0.2, 0) is 6.54 Å². The summed E-state index contributed by atoms with van der Waals surface area (Å²) >= 11 is 10.6. The number of benzene rings is 2. The zero-order valence-corrected chi connectivity index (χ0v) is 14.6. The molecule has 1 nitrogen and oxygen atoms in total. The third kappa shape index (κ3) is 3.59. The quantitative estimate of drug-likeness (QED) is 0.635. The van der Waals surface area contributed by atoms with Crippen LogP contribution in [0.15, 0.2) is 49.8 Å². The summed E-state index contributed by atoms with van der Waals surface area (Å²) in [7, 11) is 0. The minimum absolute atomic E-state index is 0.800. The van der Waals surface area contributed by atoms with Gasteiger partial charge in [-0.25, -0.2) is 0 Å². The fourth-order valence-electron chi connectivity index (χ4n) is 1.58. The molecule has 0 saturated carbocycles. The maximum absolute atomic E-state index is 3.55. The average Bonchev–Trinajstić information content (AvgIpc) is 2.34.